The maximum Gasteiger partial charge on any atom is 0.231 e. The van der Waals surface area contributed by atoms with Crippen molar-refractivity contribution < 1.29 is 4.52 Å². The maximum absolute atomic E-state index is 5.76. The predicted molar refractivity (Wildman–Crippen MR) is 68.7 cm³/mol. The molecule has 0 spiro atoms. The molecule has 1 heterocycles. The third-order valence-electron chi connectivity index (χ3n) is 2.56. The Morgan fingerprint density at radius 3 is 2.41 bits per heavy atom. The van der Waals surface area contributed by atoms with Crippen molar-refractivity contribution in [3.05, 3.63) is 11.7 Å². The van der Waals surface area contributed by atoms with Gasteiger partial charge in [-0.05, 0) is 17.8 Å². The second-order valence-corrected chi connectivity index (χ2v) is 6.35. The third kappa shape index (κ3) is 4.86. The Kier molecular flexibility index (Phi) is 4.69. The smallest absolute Gasteiger partial charge is 0.231 e. The van der Waals surface area contributed by atoms with Gasteiger partial charge in [0.15, 0.2) is 5.82 Å². The zero-order valence-corrected chi connectivity index (χ0v) is 11.7. The maximum atomic E-state index is 5.76. The summed E-state index contributed by atoms with van der Waals surface area (Å²) in [4.78, 5) is 4.46. The normalized spacial score (nSPS) is 14.3. The number of nitrogens with zero attached hydrogens (tertiary/aromatic N) is 2. The van der Waals surface area contributed by atoms with Crippen molar-refractivity contribution in [2.75, 3.05) is 6.54 Å². The van der Waals surface area contributed by atoms with Crippen LogP contribution in [0.5, 0.6) is 0 Å². The van der Waals surface area contributed by atoms with Crippen molar-refractivity contribution in [3.8, 4) is 0 Å². The van der Waals surface area contributed by atoms with Gasteiger partial charge in [0, 0.05) is 13.0 Å². The molecule has 0 aliphatic carbocycles. The van der Waals surface area contributed by atoms with E-state index in [0.29, 0.717) is 18.4 Å². The van der Waals surface area contributed by atoms with Crippen LogP contribution in [0.25, 0.3) is 0 Å². The molecule has 0 bridgehead atoms. The second kappa shape index (κ2) is 5.63. The van der Waals surface area contributed by atoms with E-state index in [1.165, 1.54) is 0 Å². The lowest BCUT2D eigenvalue weighted by Crippen LogP contribution is -2.15. The van der Waals surface area contributed by atoms with Crippen LogP contribution >= 0.6 is 0 Å². The van der Waals surface area contributed by atoms with E-state index in [1.807, 2.05) is 0 Å². The van der Waals surface area contributed by atoms with Gasteiger partial charge in [-0.2, -0.15) is 4.98 Å². The van der Waals surface area contributed by atoms with Crippen molar-refractivity contribution in [1.29, 1.82) is 0 Å². The minimum absolute atomic E-state index is 0.178. The molecule has 0 aromatic carbocycles. The van der Waals surface area contributed by atoms with E-state index in [0.717, 1.165) is 18.7 Å². The van der Waals surface area contributed by atoms with Gasteiger partial charge in [0.05, 0.1) is 5.92 Å². The predicted octanol–water partition coefficient (Wildman–Crippen LogP) is 2.75. The Morgan fingerprint density at radius 1 is 1.29 bits per heavy atom. The second-order valence-electron chi connectivity index (χ2n) is 6.35. The zero-order chi connectivity index (χ0) is 13.1. The highest BCUT2D eigenvalue weighted by Crippen LogP contribution is 2.23. The van der Waals surface area contributed by atoms with Crippen LogP contribution in [0.1, 0.15) is 58.7 Å². The highest BCUT2D eigenvalue weighted by molar-refractivity contribution is 4.96. The van der Waals surface area contributed by atoms with Gasteiger partial charge >= 0.3 is 0 Å². The Balaban J connectivity index is 2.71. The van der Waals surface area contributed by atoms with Crippen molar-refractivity contribution in [3.63, 3.8) is 0 Å². The zero-order valence-electron chi connectivity index (χ0n) is 11.7. The highest BCUT2D eigenvalue weighted by atomic mass is 16.5. The Labute approximate surface area is 104 Å². The van der Waals surface area contributed by atoms with Crippen molar-refractivity contribution in [1.82, 2.24) is 10.1 Å². The molecule has 1 rings (SSSR count). The summed E-state index contributed by atoms with van der Waals surface area (Å²) in [5.74, 6) is 2.26. The average Bonchev–Trinajstić information content (AvgIpc) is 2.59. The number of rotatable bonds is 5. The lowest BCUT2D eigenvalue weighted by atomic mass is 9.92. The van der Waals surface area contributed by atoms with E-state index in [1.54, 1.807) is 0 Å². The SMILES string of the molecule is CC(C)CC(CN)c1nc(CC(C)(C)C)no1. The highest BCUT2D eigenvalue weighted by Gasteiger charge is 2.21. The molecule has 1 unspecified atom stereocenters. The van der Waals surface area contributed by atoms with E-state index in [-0.39, 0.29) is 11.3 Å². The first-order valence-electron chi connectivity index (χ1n) is 6.34. The molecule has 17 heavy (non-hydrogen) atoms. The lowest BCUT2D eigenvalue weighted by molar-refractivity contribution is 0.325. The summed E-state index contributed by atoms with van der Waals surface area (Å²) in [6, 6.07) is 0. The summed E-state index contributed by atoms with van der Waals surface area (Å²) in [7, 11) is 0. The number of hydrogen-bond acceptors (Lipinski definition) is 4. The van der Waals surface area contributed by atoms with E-state index in [2.05, 4.69) is 44.8 Å². The van der Waals surface area contributed by atoms with Crippen LogP contribution in [0, 0.1) is 11.3 Å². The fourth-order valence-electron chi connectivity index (χ4n) is 1.85. The molecule has 1 aromatic rings. The largest absolute Gasteiger partial charge is 0.339 e. The molecular weight excluding hydrogens is 214 g/mol. The molecule has 0 saturated heterocycles. The molecule has 0 amide bonds. The summed E-state index contributed by atoms with van der Waals surface area (Å²) in [5, 5.41) is 4.04. The quantitative estimate of drug-likeness (QED) is 0.858. The first kappa shape index (κ1) is 14.2. The number of hydrogen-bond donors (Lipinski definition) is 1. The third-order valence-corrected chi connectivity index (χ3v) is 2.56. The summed E-state index contributed by atoms with van der Waals surface area (Å²) in [6.45, 7) is 11.4. The monoisotopic (exact) mass is 239 g/mol. The van der Waals surface area contributed by atoms with Crippen molar-refractivity contribution in [2.24, 2.45) is 17.1 Å². The molecule has 0 aliphatic heterocycles. The van der Waals surface area contributed by atoms with Crippen molar-refractivity contribution >= 4 is 0 Å². The van der Waals surface area contributed by atoms with Crippen LogP contribution in [-0.2, 0) is 6.42 Å². The topological polar surface area (TPSA) is 64.9 Å². The fourth-order valence-corrected chi connectivity index (χ4v) is 1.85. The van der Waals surface area contributed by atoms with Crippen LogP contribution in [-0.4, -0.2) is 16.7 Å². The standard InChI is InChI=1S/C13H25N3O/c1-9(2)6-10(8-14)12-15-11(16-17-12)7-13(3,4)5/h9-10H,6-8,14H2,1-5H3. The van der Waals surface area contributed by atoms with Gasteiger partial charge in [-0.15, -0.1) is 0 Å². The molecule has 1 atom stereocenters. The van der Waals surface area contributed by atoms with Crippen LogP contribution in [0.4, 0.5) is 0 Å². The first-order valence-corrected chi connectivity index (χ1v) is 6.34. The molecule has 0 fully saturated rings. The van der Waals surface area contributed by atoms with E-state index in [4.69, 9.17) is 10.3 Å². The molecule has 2 N–H and O–H groups in total. The molecule has 0 aliphatic rings. The Bertz CT molecular complexity index is 339. The van der Waals surface area contributed by atoms with Gasteiger partial charge in [0.25, 0.3) is 0 Å². The summed E-state index contributed by atoms with van der Waals surface area (Å²) in [6.07, 6.45) is 1.82. The van der Waals surface area contributed by atoms with Crippen LogP contribution in [0.3, 0.4) is 0 Å². The van der Waals surface area contributed by atoms with Gasteiger partial charge in [0.2, 0.25) is 5.89 Å². The molecule has 0 radical (unpaired) electrons. The Hall–Kier alpha value is -0.900. The molecule has 0 saturated carbocycles. The first-order chi connectivity index (χ1) is 7.81. The summed E-state index contributed by atoms with van der Waals surface area (Å²) in [5.41, 5.74) is 5.94. The van der Waals surface area contributed by atoms with Gasteiger partial charge in [-0.25, -0.2) is 0 Å². The molecule has 98 valence electrons. The lowest BCUT2D eigenvalue weighted by Gasteiger charge is -2.14. The van der Waals surface area contributed by atoms with Crippen molar-refractivity contribution in [2.45, 2.75) is 53.4 Å². The van der Waals surface area contributed by atoms with Crippen LogP contribution in [0.2, 0.25) is 0 Å². The number of nitrogens with two attached hydrogens (primary N) is 1. The van der Waals surface area contributed by atoms with E-state index in [9.17, 15) is 0 Å². The van der Waals surface area contributed by atoms with Gasteiger partial charge in [0.1, 0.15) is 0 Å². The minimum Gasteiger partial charge on any atom is -0.339 e. The van der Waals surface area contributed by atoms with E-state index >= 15 is 0 Å². The average molecular weight is 239 g/mol. The van der Waals surface area contributed by atoms with Gasteiger partial charge < -0.3 is 10.3 Å². The number of aromatic nitrogens is 2. The Morgan fingerprint density at radius 2 is 1.94 bits per heavy atom. The van der Waals surface area contributed by atoms with Gasteiger partial charge in [-0.3, -0.25) is 0 Å². The molecular formula is C13H25N3O. The summed E-state index contributed by atoms with van der Waals surface area (Å²) >= 11 is 0. The summed E-state index contributed by atoms with van der Waals surface area (Å²) < 4.78 is 5.32. The fraction of sp³-hybridized carbons (Fsp3) is 0.846. The van der Waals surface area contributed by atoms with Gasteiger partial charge in [-0.1, -0.05) is 39.8 Å². The molecule has 4 heteroatoms. The molecule has 1 aromatic heterocycles. The minimum atomic E-state index is 0.178. The van der Waals surface area contributed by atoms with E-state index < -0.39 is 0 Å². The molecule has 4 nitrogen and oxygen atoms in total. The van der Waals surface area contributed by atoms with Crippen LogP contribution < -0.4 is 5.73 Å². The van der Waals surface area contributed by atoms with Crippen LogP contribution in [0.15, 0.2) is 4.52 Å².